The van der Waals surface area contributed by atoms with Crippen LogP contribution in [0.5, 0.6) is 0 Å². The Morgan fingerprint density at radius 3 is 1.97 bits per heavy atom. The van der Waals surface area contributed by atoms with Crippen molar-refractivity contribution in [3.63, 3.8) is 0 Å². The van der Waals surface area contributed by atoms with E-state index in [1.54, 1.807) is 0 Å². The van der Waals surface area contributed by atoms with Crippen LogP contribution in [0.15, 0.2) is 116 Å². The second-order valence-electron chi connectivity index (χ2n) is 8.29. The summed E-state index contributed by atoms with van der Waals surface area (Å²) in [6, 6.07) is 36.2. The van der Waals surface area contributed by atoms with Crippen LogP contribution in [-0.4, -0.2) is 14.4 Å². The lowest BCUT2D eigenvalue weighted by Crippen LogP contribution is -1.92. The van der Waals surface area contributed by atoms with Crippen LogP contribution in [-0.2, 0) is 0 Å². The van der Waals surface area contributed by atoms with Crippen LogP contribution in [0.25, 0.3) is 60.6 Å². The minimum atomic E-state index is 0.980. The Balaban J connectivity index is 1.63. The van der Waals surface area contributed by atoms with E-state index in [1.165, 1.54) is 38.3 Å². The van der Waals surface area contributed by atoms with Gasteiger partial charge in [-0.25, -0.2) is 4.98 Å². The van der Waals surface area contributed by atoms with Gasteiger partial charge >= 0.3 is 0 Å². The van der Waals surface area contributed by atoms with Crippen molar-refractivity contribution in [3.05, 3.63) is 116 Å². The van der Waals surface area contributed by atoms with Crippen molar-refractivity contribution in [1.29, 1.82) is 0 Å². The second-order valence-corrected chi connectivity index (χ2v) is 8.29. The van der Waals surface area contributed by atoms with E-state index in [2.05, 4.69) is 88.2 Å². The first-order valence-electron chi connectivity index (χ1n) is 11.1. The molecule has 0 amide bonds. The molecule has 0 bridgehead atoms. The zero-order valence-corrected chi connectivity index (χ0v) is 17.8. The van der Waals surface area contributed by atoms with Gasteiger partial charge in [-0.15, -0.1) is 0 Å². The lowest BCUT2D eigenvalue weighted by molar-refractivity contribution is 1.26. The largest absolute Gasteiger partial charge is 0.293 e. The van der Waals surface area contributed by atoms with E-state index in [0.29, 0.717) is 0 Å². The van der Waals surface area contributed by atoms with E-state index in [4.69, 9.17) is 4.98 Å². The molecule has 0 atom stereocenters. The fourth-order valence-electron chi connectivity index (χ4n) is 5.06. The van der Waals surface area contributed by atoms with Gasteiger partial charge in [0, 0.05) is 39.7 Å². The smallest absolute Gasteiger partial charge is 0.145 e. The SMILES string of the molecule is c1ccc(-c2ccc(-c3c4cccnc4n4c5ccccc5c5ccccc5c34)cc2)nc1. The van der Waals surface area contributed by atoms with Gasteiger partial charge in [-0.05, 0) is 41.3 Å². The molecule has 3 heteroatoms. The summed E-state index contributed by atoms with van der Waals surface area (Å²) >= 11 is 0. The van der Waals surface area contributed by atoms with Gasteiger partial charge in [0.15, 0.2) is 0 Å². The zero-order valence-electron chi connectivity index (χ0n) is 17.8. The molecule has 0 saturated heterocycles. The maximum absolute atomic E-state index is 4.83. The monoisotopic (exact) mass is 421 g/mol. The Bertz CT molecular complexity index is 1800. The Hall–Kier alpha value is -4.50. The van der Waals surface area contributed by atoms with Gasteiger partial charge in [-0.2, -0.15) is 0 Å². The highest BCUT2D eigenvalue weighted by Gasteiger charge is 2.19. The summed E-state index contributed by atoms with van der Waals surface area (Å²) in [6.45, 7) is 0. The lowest BCUT2D eigenvalue weighted by atomic mass is 9.98. The fraction of sp³-hybridized carbons (Fsp3) is 0. The number of fused-ring (bicyclic) bond motifs is 8. The Labute approximate surface area is 190 Å². The van der Waals surface area contributed by atoms with Crippen molar-refractivity contribution < 1.29 is 0 Å². The summed E-state index contributed by atoms with van der Waals surface area (Å²) in [7, 11) is 0. The number of nitrogens with zero attached hydrogens (tertiary/aromatic N) is 3. The van der Waals surface area contributed by atoms with Crippen LogP contribution in [0.3, 0.4) is 0 Å². The molecule has 0 aliphatic heterocycles. The standard InChI is InChI=1S/C30H19N3/c1-2-10-24-22(8-1)23-9-3-4-13-27(23)33-29(24)28(25-11-7-19-32-30(25)33)21-16-14-20(15-17-21)26-12-5-6-18-31-26/h1-19H. The van der Waals surface area contributed by atoms with Crippen molar-refractivity contribution in [1.82, 2.24) is 14.4 Å². The van der Waals surface area contributed by atoms with Gasteiger partial charge < -0.3 is 0 Å². The molecule has 0 N–H and O–H groups in total. The van der Waals surface area contributed by atoms with Gasteiger partial charge in [0.05, 0.1) is 16.7 Å². The Kier molecular flexibility index (Phi) is 3.84. The van der Waals surface area contributed by atoms with E-state index in [1.807, 2.05) is 36.7 Å². The first-order valence-corrected chi connectivity index (χ1v) is 11.1. The quantitative estimate of drug-likeness (QED) is 0.270. The number of hydrogen-bond donors (Lipinski definition) is 0. The molecule has 154 valence electrons. The van der Waals surface area contributed by atoms with Crippen molar-refractivity contribution >= 4 is 38.2 Å². The average molecular weight is 422 g/mol. The Morgan fingerprint density at radius 1 is 0.485 bits per heavy atom. The second kappa shape index (κ2) is 7.01. The lowest BCUT2D eigenvalue weighted by Gasteiger charge is -2.11. The molecule has 3 nitrogen and oxygen atoms in total. The molecular formula is C30H19N3. The van der Waals surface area contributed by atoms with E-state index < -0.39 is 0 Å². The maximum Gasteiger partial charge on any atom is 0.145 e. The molecule has 0 fully saturated rings. The summed E-state index contributed by atoms with van der Waals surface area (Å²) in [5.74, 6) is 0. The van der Waals surface area contributed by atoms with Crippen molar-refractivity contribution in [2.45, 2.75) is 0 Å². The molecule has 0 saturated carbocycles. The molecule has 4 aromatic heterocycles. The van der Waals surface area contributed by atoms with Crippen LogP contribution in [0.1, 0.15) is 0 Å². The number of benzene rings is 3. The predicted molar refractivity (Wildman–Crippen MR) is 136 cm³/mol. The van der Waals surface area contributed by atoms with E-state index in [0.717, 1.165) is 22.3 Å². The Morgan fingerprint density at radius 2 is 1.15 bits per heavy atom. The topological polar surface area (TPSA) is 30.2 Å². The van der Waals surface area contributed by atoms with Crippen LogP contribution in [0, 0.1) is 0 Å². The third-order valence-electron chi connectivity index (χ3n) is 6.48. The van der Waals surface area contributed by atoms with Gasteiger partial charge in [0.25, 0.3) is 0 Å². The highest BCUT2D eigenvalue weighted by Crippen LogP contribution is 2.41. The van der Waals surface area contributed by atoms with Crippen molar-refractivity contribution in [3.8, 4) is 22.4 Å². The molecule has 0 aliphatic carbocycles. The maximum atomic E-state index is 4.83. The number of para-hydroxylation sites is 1. The molecule has 3 aromatic carbocycles. The highest BCUT2D eigenvalue weighted by molar-refractivity contribution is 6.21. The molecule has 7 rings (SSSR count). The van der Waals surface area contributed by atoms with E-state index in [9.17, 15) is 0 Å². The van der Waals surface area contributed by atoms with Crippen molar-refractivity contribution in [2.75, 3.05) is 0 Å². The molecule has 4 heterocycles. The molecule has 33 heavy (non-hydrogen) atoms. The van der Waals surface area contributed by atoms with Gasteiger partial charge in [0.2, 0.25) is 0 Å². The fourth-order valence-corrected chi connectivity index (χ4v) is 5.06. The first kappa shape index (κ1) is 18.1. The minimum absolute atomic E-state index is 0.980. The normalized spacial score (nSPS) is 11.6. The summed E-state index contributed by atoms with van der Waals surface area (Å²) in [5.41, 5.74) is 7.84. The number of aromatic nitrogens is 3. The molecule has 7 aromatic rings. The minimum Gasteiger partial charge on any atom is -0.293 e. The summed E-state index contributed by atoms with van der Waals surface area (Å²) in [6.07, 6.45) is 3.72. The molecule has 0 radical (unpaired) electrons. The average Bonchev–Trinajstić information content (AvgIpc) is 3.25. The molecule has 0 aliphatic rings. The van der Waals surface area contributed by atoms with Crippen LogP contribution in [0.4, 0.5) is 0 Å². The number of pyridine rings is 3. The molecule has 0 unspecified atom stereocenters. The zero-order chi connectivity index (χ0) is 21.8. The van der Waals surface area contributed by atoms with Crippen LogP contribution < -0.4 is 0 Å². The van der Waals surface area contributed by atoms with Gasteiger partial charge in [0.1, 0.15) is 5.65 Å². The summed E-state index contributed by atoms with van der Waals surface area (Å²) < 4.78 is 2.33. The summed E-state index contributed by atoms with van der Waals surface area (Å²) in [4.78, 5) is 9.33. The van der Waals surface area contributed by atoms with Crippen molar-refractivity contribution in [2.24, 2.45) is 0 Å². The first-order chi connectivity index (χ1) is 16.4. The molecular weight excluding hydrogens is 402 g/mol. The predicted octanol–water partition coefficient (Wildman–Crippen LogP) is 7.52. The number of hydrogen-bond acceptors (Lipinski definition) is 2. The van der Waals surface area contributed by atoms with Gasteiger partial charge in [-0.1, -0.05) is 72.8 Å². The molecule has 0 spiro atoms. The van der Waals surface area contributed by atoms with E-state index >= 15 is 0 Å². The third kappa shape index (κ3) is 2.63. The van der Waals surface area contributed by atoms with E-state index in [-0.39, 0.29) is 0 Å². The van der Waals surface area contributed by atoms with Gasteiger partial charge in [-0.3, -0.25) is 9.38 Å². The van der Waals surface area contributed by atoms with Crippen LogP contribution in [0.2, 0.25) is 0 Å². The van der Waals surface area contributed by atoms with Crippen LogP contribution >= 0.6 is 0 Å². The highest BCUT2D eigenvalue weighted by atomic mass is 15.0. The third-order valence-corrected chi connectivity index (χ3v) is 6.48. The number of rotatable bonds is 2. The summed E-state index contributed by atoms with van der Waals surface area (Å²) in [5, 5.41) is 4.89.